The summed E-state index contributed by atoms with van der Waals surface area (Å²) >= 11 is 3.16. The van der Waals surface area contributed by atoms with E-state index in [4.69, 9.17) is 0 Å². The highest BCUT2D eigenvalue weighted by atomic mass is 79.9. The van der Waals surface area contributed by atoms with Crippen molar-refractivity contribution < 1.29 is 19.0 Å². The zero-order chi connectivity index (χ0) is 11.6. The SMILES string of the molecule is COC(=O)C(O)c1cc(Br)cc(C)c1F. The van der Waals surface area contributed by atoms with Crippen molar-refractivity contribution in [3.05, 3.63) is 33.5 Å². The molecule has 0 saturated carbocycles. The van der Waals surface area contributed by atoms with Crippen LogP contribution in [0.1, 0.15) is 17.2 Å². The summed E-state index contributed by atoms with van der Waals surface area (Å²) in [7, 11) is 1.13. The first-order chi connectivity index (χ1) is 6.97. The Hall–Kier alpha value is -0.940. The van der Waals surface area contributed by atoms with Crippen molar-refractivity contribution in [2.75, 3.05) is 7.11 Å². The number of benzene rings is 1. The number of rotatable bonds is 2. The molecule has 3 nitrogen and oxygen atoms in total. The Morgan fingerprint density at radius 3 is 2.73 bits per heavy atom. The van der Waals surface area contributed by atoms with Crippen molar-refractivity contribution in [2.45, 2.75) is 13.0 Å². The number of esters is 1. The highest BCUT2D eigenvalue weighted by Gasteiger charge is 2.22. The van der Waals surface area contributed by atoms with Gasteiger partial charge in [0.2, 0.25) is 0 Å². The lowest BCUT2D eigenvalue weighted by molar-refractivity contribution is -0.150. The number of aliphatic hydroxyl groups is 1. The van der Waals surface area contributed by atoms with Crippen molar-refractivity contribution in [1.29, 1.82) is 0 Å². The predicted molar refractivity (Wildman–Crippen MR) is 55.8 cm³/mol. The Bertz CT molecular complexity index is 392. The van der Waals surface area contributed by atoms with E-state index in [1.807, 2.05) is 0 Å². The normalized spacial score (nSPS) is 12.3. The van der Waals surface area contributed by atoms with Crippen molar-refractivity contribution >= 4 is 21.9 Å². The van der Waals surface area contributed by atoms with Crippen LogP contribution >= 0.6 is 15.9 Å². The number of aliphatic hydroxyl groups excluding tert-OH is 1. The maximum atomic E-state index is 13.5. The van der Waals surface area contributed by atoms with Gasteiger partial charge in [-0.1, -0.05) is 15.9 Å². The van der Waals surface area contributed by atoms with Gasteiger partial charge in [-0.25, -0.2) is 9.18 Å². The molecule has 1 unspecified atom stereocenters. The number of carbonyl (C=O) groups excluding carboxylic acids is 1. The third kappa shape index (κ3) is 2.54. The molecule has 0 aliphatic carbocycles. The molecule has 0 spiro atoms. The van der Waals surface area contributed by atoms with Crippen LogP contribution in [0, 0.1) is 12.7 Å². The van der Waals surface area contributed by atoms with Crippen molar-refractivity contribution in [3.63, 3.8) is 0 Å². The average molecular weight is 277 g/mol. The highest BCUT2D eigenvalue weighted by molar-refractivity contribution is 9.10. The quantitative estimate of drug-likeness (QED) is 0.842. The maximum Gasteiger partial charge on any atom is 0.339 e. The molecule has 0 heterocycles. The minimum Gasteiger partial charge on any atom is -0.467 e. The molecule has 1 rings (SSSR count). The van der Waals surface area contributed by atoms with E-state index in [9.17, 15) is 14.3 Å². The van der Waals surface area contributed by atoms with E-state index in [-0.39, 0.29) is 5.56 Å². The topological polar surface area (TPSA) is 46.5 Å². The first-order valence-corrected chi connectivity index (χ1v) is 4.98. The third-order valence-corrected chi connectivity index (χ3v) is 2.42. The molecule has 0 amide bonds. The van der Waals surface area contributed by atoms with Gasteiger partial charge >= 0.3 is 5.97 Å². The van der Waals surface area contributed by atoms with Gasteiger partial charge in [0, 0.05) is 10.0 Å². The summed E-state index contributed by atoms with van der Waals surface area (Å²) in [5, 5.41) is 9.48. The molecule has 0 radical (unpaired) electrons. The fourth-order valence-electron chi connectivity index (χ4n) is 1.19. The smallest absolute Gasteiger partial charge is 0.339 e. The second kappa shape index (κ2) is 4.72. The number of aryl methyl sites for hydroxylation is 1. The monoisotopic (exact) mass is 276 g/mol. The van der Waals surface area contributed by atoms with Crippen LogP contribution in [0.2, 0.25) is 0 Å². The first-order valence-electron chi connectivity index (χ1n) is 4.18. The van der Waals surface area contributed by atoms with Crippen molar-refractivity contribution in [1.82, 2.24) is 0 Å². The molecule has 0 fully saturated rings. The molecule has 1 N–H and O–H groups in total. The van der Waals surface area contributed by atoms with Crippen molar-refractivity contribution in [3.8, 4) is 0 Å². The van der Waals surface area contributed by atoms with Gasteiger partial charge in [0.1, 0.15) is 5.82 Å². The summed E-state index contributed by atoms with van der Waals surface area (Å²) in [6.07, 6.45) is -1.59. The molecule has 1 aromatic rings. The van der Waals surface area contributed by atoms with Crippen LogP contribution in [0.4, 0.5) is 4.39 Å². The van der Waals surface area contributed by atoms with Crippen LogP contribution in [-0.2, 0) is 9.53 Å². The molecule has 82 valence electrons. The summed E-state index contributed by atoms with van der Waals surface area (Å²) in [5.41, 5.74) is 0.260. The Morgan fingerprint density at radius 1 is 1.60 bits per heavy atom. The van der Waals surface area contributed by atoms with Gasteiger partial charge < -0.3 is 9.84 Å². The van der Waals surface area contributed by atoms with E-state index in [1.165, 1.54) is 6.07 Å². The van der Waals surface area contributed by atoms with Gasteiger partial charge in [0.25, 0.3) is 0 Å². The number of carbonyl (C=O) groups is 1. The summed E-state index contributed by atoms with van der Waals surface area (Å²) in [6, 6.07) is 2.91. The van der Waals surface area contributed by atoms with E-state index < -0.39 is 17.9 Å². The molecule has 1 atom stereocenters. The largest absolute Gasteiger partial charge is 0.467 e. The summed E-state index contributed by atoms with van der Waals surface area (Å²) in [4.78, 5) is 11.0. The molecular formula is C10H10BrFO3. The van der Waals surface area contributed by atoms with Crippen LogP contribution in [0.3, 0.4) is 0 Å². The fourth-order valence-corrected chi connectivity index (χ4v) is 1.78. The van der Waals surface area contributed by atoms with Crippen molar-refractivity contribution in [2.24, 2.45) is 0 Å². The van der Waals surface area contributed by atoms with Crippen LogP contribution in [0.25, 0.3) is 0 Å². The summed E-state index contributed by atoms with van der Waals surface area (Å²) in [5.74, 6) is -1.48. The van der Waals surface area contributed by atoms with E-state index in [0.717, 1.165) is 7.11 Å². The van der Waals surface area contributed by atoms with Crippen LogP contribution < -0.4 is 0 Å². The Balaban J connectivity index is 3.19. The maximum absolute atomic E-state index is 13.5. The van der Waals surface area contributed by atoms with E-state index >= 15 is 0 Å². The molecular weight excluding hydrogens is 267 g/mol. The summed E-state index contributed by atoms with van der Waals surface area (Å²) < 4.78 is 18.5. The number of halogens is 2. The van der Waals surface area contributed by atoms with E-state index in [0.29, 0.717) is 10.0 Å². The summed E-state index contributed by atoms with van der Waals surface area (Å²) in [6.45, 7) is 1.55. The minimum absolute atomic E-state index is 0.0891. The Kier molecular flexibility index (Phi) is 3.82. The molecule has 0 bridgehead atoms. The van der Waals surface area contributed by atoms with E-state index in [2.05, 4.69) is 20.7 Å². The van der Waals surface area contributed by atoms with Gasteiger partial charge in [0.05, 0.1) is 7.11 Å². The fraction of sp³-hybridized carbons (Fsp3) is 0.300. The number of hydrogen-bond donors (Lipinski definition) is 1. The van der Waals surface area contributed by atoms with Gasteiger partial charge in [0.15, 0.2) is 6.10 Å². The van der Waals surface area contributed by atoms with Gasteiger partial charge in [-0.3, -0.25) is 0 Å². The molecule has 0 aliphatic heterocycles. The third-order valence-electron chi connectivity index (χ3n) is 1.97. The zero-order valence-corrected chi connectivity index (χ0v) is 9.84. The van der Waals surface area contributed by atoms with E-state index in [1.54, 1.807) is 13.0 Å². The second-order valence-electron chi connectivity index (χ2n) is 3.05. The molecule has 0 aliphatic rings. The number of hydrogen-bond acceptors (Lipinski definition) is 3. The van der Waals surface area contributed by atoms with Gasteiger partial charge in [-0.2, -0.15) is 0 Å². The first kappa shape index (κ1) is 12.1. The standard InChI is InChI=1S/C10H10BrFO3/c1-5-3-6(11)4-7(8(5)12)9(13)10(14)15-2/h3-4,9,13H,1-2H3. The van der Waals surface area contributed by atoms with Gasteiger partial charge in [-0.15, -0.1) is 0 Å². The molecule has 5 heteroatoms. The second-order valence-corrected chi connectivity index (χ2v) is 3.97. The predicted octanol–water partition coefficient (Wildman–Crippen LogP) is 2.10. The average Bonchev–Trinajstić information content (AvgIpc) is 2.21. The lowest BCUT2D eigenvalue weighted by Crippen LogP contribution is -2.15. The lowest BCUT2D eigenvalue weighted by atomic mass is 10.1. The lowest BCUT2D eigenvalue weighted by Gasteiger charge is -2.11. The van der Waals surface area contributed by atoms with Gasteiger partial charge in [-0.05, 0) is 24.6 Å². The number of ether oxygens (including phenoxy) is 1. The number of methoxy groups -OCH3 is 1. The zero-order valence-electron chi connectivity index (χ0n) is 8.25. The minimum atomic E-state index is -1.59. The molecule has 15 heavy (non-hydrogen) atoms. The van der Waals surface area contributed by atoms with Crippen LogP contribution in [0.5, 0.6) is 0 Å². The van der Waals surface area contributed by atoms with Crippen LogP contribution in [0.15, 0.2) is 16.6 Å². The Labute approximate surface area is 95.0 Å². The molecule has 0 aromatic heterocycles. The van der Waals surface area contributed by atoms with Crippen LogP contribution in [-0.4, -0.2) is 18.2 Å². The highest BCUT2D eigenvalue weighted by Crippen LogP contribution is 2.25. The molecule has 1 aromatic carbocycles. The Morgan fingerprint density at radius 2 is 2.20 bits per heavy atom. The molecule has 0 saturated heterocycles.